The first kappa shape index (κ1) is 14.8. The van der Waals surface area contributed by atoms with Gasteiger partial charge in [-0.15, -0.1) is 0 Å². The average molecular weight is 294 g/mol. The Morgan fingerprint density at radius 1 is 1.24 bits per heavy atom. The molecule has 3 rings (SSSR count). The highest BCUT2D eigenvalue weighted by atomic mass is 16.5. The topological polar surface area (TPSA) is 58.6 Å². The van der Waals surface area contributed by atoms with E-state index in [9.17, 15) is 9.59 Å². The number of amides is 2. The molecule has 0 bridgehead atoms. The van der Waals surface area contributed by atoms with E-state index in [1.807, 2.05) is 11.8 Å². The van der Waals surface area contributed by atoms with Crippen LogP contribution in [-0.2, 0) is 14.3 Å². The Morgan fingerprint density at radius 2 is 2.00 bits per heavy atom. The van der Waals surface area contributed by atoms with Crippen molar-refractivity contribution < 1.29 is 14.3 Å². The van der Waals surface area contributed by atoms with Crippen molar-refractivity contribution in [3.05, 3.63) is 0 Å². The molecule has 0 aromatic carbocycles. The van der Waals surface area contributed by atoms with Gasteiger partial charge in [-0.3, -0.25) is 9.59 Å². The number of carbonyl (C=O) groups is 2. The summed E-state index contributed by atoms with van der Waals surface area (Å²) in [4.78, 5) is 27.3. The predicted octanol–water partition coefficient (Wildman–Crippen LogP) is 1.61. The molecule has 2 atom stereocenters. The van der Waals surface area contributed by atoms with E-state index < -0.39 is 5.54 Å². The molecule has 2 saturated heterocycles. The zero-order valence-electron chi connectivity index (χ0n) is 12.9. The molecule has 5 nitrogen and oxygen atoms in total. The Labute approximate surface area is 126 Å². The Kier molecular flexibility index (Phi) is 4.20. The predicted molar refractivity (Wildman–Crippen MR) is 78.7 cm³/mol. The van der Waals surface area contributed by atoms with Crippen molar-refractivity contribution in [2.45, 2.75) is 76.0 Å². The van der Waals surface area contributed by atoms with E-state index in [2.05, 4.69) is 5.32 Å². The Balaban J connectivity index is 1.78. The molecule has 2 aliphatic heterocycles. The number of rotatable bonds is 3. The van der Waals surface area contributed by atoms with E-state index in [4.69, 9.17) is 4.74 Å². The van der Waals surface area contributed by atoms with Crippen LogP contribution in [0.25, 0.3) is 0 Å². The lowest BCUT2D eigenvalue weighted by Crippen LogP contribution is -2.70. The second-order valence-corrected chi connectivity index (χ2v) is 6.65. The fourth-order valence-electron chi connectivity index (χ4n) is 4.03. The van der Waals surface area contributed by atoms with E-state index in [1.54, 1.807) is 0 Å². The van der Waals surface area contributed by atoms with Gasteiger partial charge in [0.1, 0.15) is 11.6 Å². The molecule has 1 spiro atoms. The molecular weight excluding hydrogens is 268 g/mol. The first-order valence-corrected chi connectivity index (χ1v) is 8.41. The van der Waals surface area contributed by atoms with E-state index in [-0.39, 0.29) is 24.0 Å². The van der Waals surface area contributed by atoms with Crippen molar-refractivity contribution in [2.24, 2.45) is 0 Å². The van der Waals surface area contributed by atoms with Gasteiger partial charge in [0.25, 0.3) is 0 Å². The van der Waals surface area contributed by atoms with E-state index in [1.165, 1.54) is 0 Å². The van der Waals surface area contributed by atoms with Crippen LogP contribution in [0.1, 0.15) is 58.3 Å². The van der Waals surface area contributed by atoms with Crippen LogP contribution in [0.2, 0.25) is 0 Å². The average Bonchev–Trinajstić information content (AvgIpc) is 2.95. The standard InChI is InChI=1S/C16H26N2O3/c1-2-13-14(19)17-16(8-4-5-9-16)15(20)18(13)11-12-7-3-6-10-21-12/h12-13H,2-11H2,1H3,(H,17,19). The van der Waals surface area contributed by atoms with Crippen LogP contribution in [-0.4, -0.2) is 47.6 Å². The van der Waals surface area contributed by atoms with Gasteiger partial charge >= 0.3 is 0 Å². The summed E-state index contributed by atoms with van der Waals surface area (Å²) in [7, 11) is 0. The van der Waals surface area contributed by atoms with Gasteiger partial charge in [0, 0.05) is 13.2 Å². The lowest BCUT2D eigenvalue weighted by Gasteiger charge is -2.45. The van der Waals surface area contributed by atoms with Crippen molar-refractivity contribution in [1.82, 2.24) is 10.2 Å². The van der Waals surface area contributed by atoms with Crippen LogP contribution in [0.15, 0.2) is 0 Å². The summed E-state index contributed by atoms with van der Waals surface area (Å²) in [5, 5.41) is 3.04. The van der Waals surface area contributed by atoms with Crippen LogP contribution >= 0.6 is 0 Å². The molecule has 118 valence electrons. The summed E-state index contributed by atoms with van der Waals surface area (Å²) in [6.45, 7) is 3.33. The van der Waals surface area contributed by atoms with Gasteiger partial charge in [0.2, 0.25) is 11.8 Å². The van der Waals surface area contributed by atoms with Gasteiger partial charge in [0.05, 0.1) is 6.10 Å². The second kappa shape index (κ2) is 5.95. The van der Waals surface area contributed by atoms with Crippen LogP contribution in [0.4, 0.5) is 0 Å². The molecule has 1 saturated carbocycles. The van der Waals surface area contributed by atoms with Gasteiger partial charge in [-0.25, -0.2) is 0 Å². The molecule has 21 heavy (non-hydrogen) atoms. The summed E-state index contributed by atoms with van der Waals surface area (Å²) >= 11 is 0. The van der Waals surface area contributed by atoms with Gasteiger partial charge in [-0.2, -0.15) is 0 Å². The molecule has 3 fully saturated rings. The largest absolute Gasteiger partial charge is 0.376 e. The maximum absolute atomic E-state index is 13.0. The molecule has 5 heteroatoms. The third-order valence-corrected chi connectivity index (χ3v) is 5.23. The molecule has 0 aromatic rings. The van der Waals surface area contributed by atoms with Crippen LogP contribution in [0.5, 0.6) is 0 Å². The van der Waals surface area contributed by atoms with Crippen molar-refractivity contribution in [3.8, 4) is 0 Å². The quantitative estimate of drug-likeness (QED) is 0.860. The van der Waals surface area contributed by atoms with E-state index in [0.29, 0.717) is 13.0 Å². The normalized spacial score (nSPS) is 32.5. The fourth-order valence-corrected chi connectivity index (χ4v) is 4.03. The van der Waals surface area contributed by atoms with Crippen LogP contribution in [0.3, 0.4) is 0 Å². The molecule has 1 N–H and O–H groups in total. The highest BCUT2D eigenvalue weighted by Crippen LogP contribution is 2.35. The van der Waals surface area contributed by atoms with Gasteiger partial charge < -0.3 is 15.0 Å². The van der Waals surface area contributed by atoms with Crippen molar-refractivity contribution in [1.29, 1.82) is 0 Å². The van der Waals surface area contributed by atoms with Crippen LogP contribution < -0.4 is 5.32 Å². The number of carbonyl (C=O) groups excluding carboxylic acids is 2. The minimum Gasteiger partial charge on any atom is -0.376 e. The Bertz CT molecular complexity index is 412. The highest BCUT2D eigenvalue weighted by molar-refractivity contribution is 6.00. The molecule has 3 aliphatic rings. The van der Waals surface area contributed by atoms with Crippen LogP contribution in [0, 0.1) is 0 Å². The summed E-state index contributed by atoms with van der Waals surface area (Å²) < 4.78 is 5.78. The maximum Gasteiger partial charge on any atom is 0.249 e. The SMILES string of the molecule is CCC1C(=O)NC2(CCCC2)C(=O)N1CC1CCCCO1. The highest BCUT2D eigenvalue weighted by Gasteiger charge is 2.51. The summed E-state index contributed by atoms with van der Waals surface area (Å²) in [6.07, 6.45) is 7.64. The first-order chi connectivity index (χ1) is 10.2. The molecule has 0 radical (unpaired) electrons. The molecule has 0 aromatic heterocycles. The van der Waals surface area contributed by atoms with Crippen molar-refractivity contribution in [2.75, 3.05) is 13.2 Å². The van der Waals surface area contributed by atoms with E-state index in [0.717, 1.165) is 51.6 Å². The first-order valence-electron chi connectivity index (χ1n) is 8.41. The van der Waals surface area contributed by atoms with Crippen molar-refractivity contribution >= 4 is 11.8 Å². The number of piperazine rings is 1. The molecule has 2 amide bonds. The third kappa shape index (κ3) is 2.68. The Morgan fingerprint density at radius 3 is 2.62 bits per heavy atom. The number of ether oxygens (including phenoxy) is 1. The number of hydrogen-bond donors (Lipinski definition) is 1. The number of hydrogen-bond acceptors (Lipinski definition) is 3. The third-order valence-electron chi connectivity index (χ3n) is 5.23. The lowest BCUT2D eigenvalue weighted by atomic mass is 9.89. The summed E-state index contributed by atoms with van der Waals surface area (Å²) in [6, 6.07) is -0.325. The number of nitrogens with zero attached hydrogens (tertiary/aromatic N) is 1. The lowest BCUT2D eigenvalue weighted by molar-refractivity contribution is -0.157. The zero-order valence-corrected chi connectivity index (χ0v) is 12.9. The molecule has 2 heterocycles. The van der Waals surface area contributed by atoms with Crippen molar-refractivity contribution in [3.63, 3.8) is 0 Å². The van der Waals surface area contributed by atoms with Gasteiger partial charge in [-0.1, -0.05) is 19.8 Å². The summed E-state index contributed by atoms with van der Waals surface area (Å²) in [5.74, 6) is 0.149. The second-order valence-electron chi connectivity index (χ2n) is 6.65. The van der Waals surface area contributed by atoms with Gasteiger partial charge in [0.15, 0.2) is 0 Å². The minimum atomic E-state index is -0.614. The number of nitrogens with one attached hydrogen (secondary N) is 1. The smallest absolute Gasteiger partial charge is 0.249 e. The summed E-state index contributed by atoms with van der Waals surface area (Å²) in [5.41, 5.74) is -0.614. The molecular formula is C16H26N2O3. The molecule has 2 unspecified atom stereocenters. The maximum atomic E-state index is 13.0. The fraction of sp³-hybridized carbons (Fsp3) is 0.875. The van der Waals surface area contributed by atoms with Gasteiger partial charge in [-0.05, 0) is 38.5 Å². The Hall–Kier alpha value is -1.10. The monoisotopic (exact) mass is 294 g/mol. The minimum absolute atomic E-state index is 0.0230. The molecule has 1 aliphatic carbocycles. The van der Waals surface area contributed by atoms with E-state index >= 15 is 0 Å². The zero-order chi connectivity index (χ0) is 14.9.